The summed E-state index contributed by atoms with van der Waals surface area (Å²) < 4.78 is 0. The number of nitrogens with two attached hydrogens (primary N) is 1. The van der Waals surface area contributed by atoms with E-state index >= 15 is 0 Å². The second-order valence-electron chi connectivity index (χ2n) is 3.74. The molecule has 0 aliphatic heterocycles. The number of anilines is 2. The fourth-order valence-corrected chi connectivity index (χ4v) is 1.70. The first-order valence-corrected chi connectivity index (χ1v) is 6.50. The first-order valence-electron chi connectivity index (χ1n) is 5.27. The summed E-state index contributed by atoms with van der Waals surface area (Å²) in [5.41, 5.74) is 4.87. The molecule has 0 aliphatic rings. The van der Waals surface area contributed by atoms with E-state index in [-0.39, 0.29) is 13.2 Å². The highest BCUT2D eigenvalue weighted by molar-refractivity contribution is 7.98. The van der Waals surface area contributed by atoms with Gasteiger partial charge >= 0.3 is 0 Å². The first-order chi connectivity index (χ1) is 8.09. The van der Waals surface area contributed by atoms with Crippen molar-refractivity contribution in [2.75, 3.05) is 30.5 Å². The van der Waals surface area contributed by atoms with Crippen LogP contribution < -0.4 is 11.1 Å². The number of aromatic nitrogens is 2. The predicted molar refractivity (Wildman–Crippen MR) is 69.0 cm³/mol. The fourth-order valence-electron chi connectivity index (χ4n) is 1.31. The topological polar surface area (TPSA) is 104 Å². The number of hydrogen-bond donors (Lipinski definition) is 4. The van der Waals surface area contributed by atoms with Gasteiger partial charge in [0.25, 0.3) is 0 Å². The molecule has 0 atom stereocenters. The summed E-state index contributed by atoms with van der Waals surface area (Å²) in [4.78, 5) is 8.24. The number of nitrogen functional groups attached to an aromatic ring is 1. The van der Waals surface area contributed by atoms with E-state index in [1.807, 2.05) is 13.2 Å². The summed E-state index contributed by atoms with van der Waals surface area (Å²) in [6.07, 6.45) is 2.42. The maximum atomic E-state index is 9.33. The van der Waals surface area contributed by atoms with Crippen molar-refractivity contribution >= 4 is 23.4 Å². The van der Waals surface area contributed by atoms with Crippen LogP contribution in [0, 0.1) is 0 Å². The number of aliphatic hydroxyl groups is 2. The van der Waals surface area contributed by atoms with E-state index in [0.29, 0.717) is 23.2 Å². The largest absolute Gasteiger partial charge is 0.394 e. The van der Waals surface area contributed by atoms with Crippen molar-refractivity contribution in [1.29, 1.82) is 0 Å². The third-order valence-corrected chi connectivity index (χ3v) is 3.13. The zero-order valence-corrected chi connectivity index (χ0v) is 10.8. The number of nitrogens with zero attached hydrogens (tertiary/aromatic N) is 2. The van der Waals surface area contributed by atoms with Gasteiger partial charge in [-0.05, 0) is 12.7 Å². The molecule has 1 heterocycles. The van der Waals surface area contributed by atoms with Crippen LogP contribution >= 0.6 is 11.8 Å². The van der Waals surface area contributed by atoms with E-state index in [1.54, 1.807) is 6.07 Å². The van der Waals surface area contributed by atoms with Gasteiger partial charge in [-0.3, -0.25) is 0 Å². The van der Waals surface area contributed by atoms with Crippen molar-refractivity contribution in [2.45, 2.75) is 24.0 Å². The Bertz CT molecular complexity index is 363. The molecule has 0 aliphatic carbocycles. The highest BCUT2D eigenvalue weighted by Crippen LogP contribution is 2.20. The van der Waals surface area contributed by atoms with Gasteiger partial charge in [-0.1, -0.05) is 18.7 Å². The highest BCUT2D eigenvalue weighted by atomic mass is 32.2. The Hall–Kier alpha value is -1.05. The van der Waals surface area contributed by atoms with E-state index in [9.17, 15) is 10.2 Å². The molecule has 17 heavy (non-hydrogen) atoms. The Morgan fingerprint density at radius 1 is 1.41 bits per heavy atom. The van der Waals surface area contributed by atoms with Crippen LogP contribution in [0.15, 0.2) is 11.2 Å². The maximum absolute atomic E-state index is 9.33. The van der Waals surface area contributed by atoms with Crippen LogP contribution in [-0.2, 0) is 0 Å². The van der Waals surface area contributed by atoms with Gasteiger partial charge in [0.2, 0.25) is 0 Å². The molecule has 96 valence electrons. The number of nitrogens with one attached hydrogen (secondary N) is 1. The Kier molecular flexibility index (Phi) is 4.98. The van der Waals surface area contributed by atoms with Gasteiger partial charge < -0.3 is 21.3 Å². The Morgan fingerprint density at radius 3 is 2.53 bits per heavy atom. The summed E-state index contributed by atoms with van der Waals surface area (Å²) in [5, 5.41) is 22.2. The van der Waals surface area contributed by atoms with Crippen LogP contribution in [0.1, 0.15) is 13.3 Å². The lowest BCUT2D eigenvalue weighted by Gasteiger charge is -2.30. The summed E-state index contributed by atoms with van der Waals surface area (Å²) in [6.45, 7) is 1.51. The van der Waals surface area contributed by atoms with Crippen LogP contribution in [0.25, 0.3) is 0 Å². The molecule has 7 heteroatoms. The van der Waals surface area contributed by atoms with Gasteiger partial charge in [-0.25, -0.2) is 9.97 Å². The van der Waals surface area contributed by atoms with Gasteiger partial charge in [0, 0.05) is 6.07 Å². The van der Waals surface area contributed by atoms with E-state index in [2.05, 4.69) is 15.3 Å². The van der Waals surface area contributed by atoms with E-state index in [4.69, 9.17) is 5.73 Å². The van der Waals surface area contributed by atoms with Gasteiger partial charge in [0.1, 0.15) is 11.6 Å². The minimum atomic E-state index is -0.781. The van der Waals surface area contributed by atoms with Gasteiger partial charge in [-0.15, -0.1) is 0 Å². The predicted octanol–water partition coefficient (Wildman–Crippen LogP) is 0.326. The average Bonchev–Trinajstić information content (AvgIpc) is 2.35. The van der Waals surface area contributed by atoms with E-state index < -0.39 is 5.54 Å². The lowest BCUT2D eigenvalue weighted by atomic mass is 9.98. The molecule has 0 radical (unpaired) electrons. The Labute approximate surface area is 105 Å². The molecule has 0 spiro atoms. The normalized spacial score (nSPS) is 11.5. The van der Waals surface area contributed by atoms with Crippen molar-refractivity contribution in [3.05, 3.63) is 6.07 Å². The van der Waals surface area contributed by atoms with Crippen molar-refractivity contribution < 1.29 is 10.2 Å². The minimum Gasteiger partial charge on any atom is -0.394 e. The molecule has 0 bridgehead atoms. The van der Waals surface area contributed by atoms with Crippen LogP contribution in [0.5, 0.6) is 0 Å². The molecule has 0 saturated carbocycles. The SMILES string of the molecule is CCC(CO)(CO)Nc1cc(N)nc(SC)n1. The maximum Gasteiger partial charge on any atom is 0.191 e. The smallest absolute Gasteiger partial charge is 0.191 e. The molecule has 1 aromatic heterocycles. The second-order valence-corrected chi connectivity index (χ2v) is 4.51. The van der Waals surface area contributed by atoms with Crippen molar-refractivity contribution in [3.63, 3.8) is 0 Å². The summed E-state index contributed by atoms with van der Waals surface area (Å²) in [5.74, 6) is 0.861. The fraction of sp³-hybridized carbons (Fsp3) is 0.600. The molecule has 0 unspecified atom stereocenters. The standard InChI is InChI=1S/C10H18N4O2S/c1-3-10(5-15,6-16)14-8-4-7(11)12-9(13-8)17-2/h4,15-16H,3,5-6H2,1-2H3,(H3,11,12,13,14). The molecular weight excluding hydrogens is 240 g/mol. The van der Waals surface area contributed by atoms with Crippen LogP contribution in [0.2, 0.25) is 0 Å². The second kappa shape index (κ2) is 6.04. The van der Waals surface area contributed by atoms with Crippen LogP contribution in [0.4, 0.5) is 11.6 Å². The summed E-state index contributed by atoms with van der Waals surface area (Å²) in [6, 6.07) is 1.58. The molecule has 5 N–H and O–H groups in total. The summed E-state index contributed by atoms with van der Waals surface area (Å²) in [7, 11) is 0. The lowest BCUT2D eigenvalue weighted by Crippen LogP contribution is -2.45. The molecule has 0 aromatic carbocycles. The minimum absolute atomic E-state index is 0.182. The van der Waals surface area contributed by atoms with Crippen LogP contribution in [-0.4, -0.2) is 45.2 Å². The number of hydrogen-bond acceptors (Lipinski definition) is 7. The molecule has 6 nitrogen and oxygen atoms in total. The van der Waals surface area contributed by atoms with E-state index in [1.165, 1.54) is 11.8 Å². The van der Waals surface area contributed by atoms with Crippen LogP contribution in [0.3, 0.4) is 0 Å². The zero-order valence-electron chi connectivity index (χ0n) is 9.97. The van der Waals surface area contributed by atoms with Gasteiger partial charge in [0.05, 0.1) is 18.8 Å². The third kappa shape index (κ3) is 3.45. The number of thioether (sulfide) groups is 1. The average molecular weight is 258 g/mol. The molecule has 1 aromatic rings. The molecule has 0 saturated heterocycles. The number of rotatable bonds is 6. The third-order valence-electron chi connectivity index (χ3n) is 2.58. The van der Waals surface area contributed by atoms with Gasteiger partial charge in [0.15, 0.2) is 5.16 Å². The molecular formula is C10H18N4O2S. The molecule has 0 amide bonds. The first kappa shape index (κ1) is 14.0. The van der Waals surface area contributed by atoms with E-state index in [0.717, 1.165) is 0 Å². The van der Waals surface area contributed by atoms with Crippen molar-refractivity contribution in [3.8, 4) is 0 Å². The Morgan fingerprint density at radius 2 is 2.06 bits per heavy atom. The lowest BCUT2D eigenvalue weighted by molar-refractivity contribution is 0.132. The molecule has 0 fully saturated rings. The molecule has 1 rings (SSSR count). The monoisotopic (exact) mass is 258 g/mol. The number of aliphatic hydroxyl groups excluding tert-OH is 2. The van der Waals surface area contributed by atoms with Crippen molar-refractivity contribution in [1.82, 2.24) is 9.97 Å². The van der Waals surface area contributed by atoms with Gasteiger partial charge in [-0.2, -0.15) is 0 Å². The zero-order chi connectivity index (χ0) is 12.9. The highest BCUT2D eigenvalue weighted by Gasteiger charge is 2.26. The quantitative estimate of drug-likeness (QED) is 0.430. The van der Waals surface area contributed by atoms with Crippen molar-refractivity contribution in [2.24, 2.45) is 0 Å². The Balaban J connectivity index is 2.96. The summed E-state index contributed by atoms with van der Waals surface area (Å²) >= 11 is 1.38.